The van der Waals surface area contributed by atoms with Crippen molar-refractivity contribution in [3.63, 3.8) is 0 Å². The van der Waals surface area contributed by atoms with Crippen molar-refractivity contribution < 1.29 is 14.7 Å². The van der Waals surface area contributed by atoms with E-state index in [1.54, 1.807) is 12.1 Å². The van der Waals surface area contributed by atoms with Crippen molar-refractivity contribution in [1.29, 1.82) is 0 Å². The molecule has 1 aliphatic rings. The van der Waals surface area contributed by atoms with Crippen molar-refractivity contribution in [2.24, 2.45) is 5.41 Å². The summed E-state index contributed by atoms with van der Waals surface area (Å²) in [4.78, 5) is 23.4. The number of benzene rings is 1. The molecule has 0 unspecified atom stereocenters. The Morgan fingerprint density at radius 2 is 1.90 bits per heavy atom. The van der Waals surface area contributed by atoms with Gasteiger partial charge in [-0.3, -0.25) is 9.59 Å². The SMILES string of the molecule is Cc1ccc(C(=O)CC2(CC(=O)O)CCCC2)cc1Cl. The van der Waals surface area contributed by atoms with Crippen LogP contribution >= 0.6 is 11.6 Å². The molecule has 0 aliphatic heterocycles. The van der Waals surface area contributed by atoms with Crippen LogP contribution in [0.25, 0.3) is 0 Å². The van der Waals surface area contributed by atoms with Crippen LogP contribution in [0.3, 0.4) is 0 Å². The van der Waals surface area contributed by atoms with Crippen LogP contribution in [0.4, 0.5) is 0 Å². The fourth-order valence-electron chi connectivity index (χ4n) is 3.07. The summed E-state index contributed by atoms with van der Waals surface area (Å²) >= 11 is 6.05. The molecule has 0 atom stereocenters. The normalized spacial score (nSPS) is 17.1. The predicted molar refractivity (Wildman–Crippen MR) is 78.3 cm³/mol. The largest absolute Gasteiger partial charge is 0.481 e. The lowest BCUT2D eigenvalue weighted by atomic mass is 9.77. The lowest BCUT2D eigenvalue weighted by Gasteiger charge is -2.26. The van der Waals surface area contributed by atoms with Crippen LogP contribution in [-0.4, -0.2) is 16.9 Å². The number of halogens is 1. The van der Waals surface area contributed by atoms with Crippen molar-refractivity contribution in [1.82, 2.24) is 0 Å². The smallest absolute Gasteiger partial charge is 0.303 e. The van der Waals surface area contributed by atoms with E-state index in [1.165, 1.54) is 0 Å². The van der Waals surface area contributed by atoms with Crippen LogP contribution < -0.4 is 0 Å². The average Bonchev–Trinajstić information content (AvgIpc) is 2.79. The molecule has 0 heterocycles. The van der Waals surface area contributed by atoms with Gasteiger partial charge in [-0.25, -0.2) is 0 Å². The van der Waals surface area contributed by atoms with E-state index in [0.717, 1.165) is 31.2 Å². The van der Waals surface area contributed by atoms with Crippen molar-refractivity contribution in [2.45, 2.75) is 45.4 Å². The van der Waals surface area contributed by atoms with Crippen molar-refractivity contribution in [2.75, 3.05) is 0 Å². The topological polar surface area (TPSA) is 54.4 Å². The molecule has 0 saturated heterocycles. The van der Waals surface area contributed by atoms with E-state index in [2.05, 4.69) is 0 Å². The number of carbonyl (C=O) groups is 2. The molecule has 1 aliphatic carbocycles. The first-order valence-corrected chi connectivity index (χ1v) is 7.31. The molecular formula is C16H19ClO3. The second-order valence-corrected chi connectivity index (χ2v) is 6.25. The molecule has 0 spiro atoms. The minimum atomic E-state index is -0.818. The standard InChI is InChI=1S/C16H19ClO3/c1-11-4-5-12(8-13(11)17)14(18)9-16(10-15(19)20)6-2-3-7-16/h4-5,8H,2-3,6-7,9-10H2,1H3,(H,19,20). The first-order valence-electron chi connectivity index (χ1n) is 6.93. The summed E-state index contributed by atoms with van der Waals surface area (Å²) in [5, 5.41) is 9.65. The van der Waals surface area contributed by atoms with Gasteiger partial charge in [-0.15, -0.1) is 0 Å². The quantitative estimate of drug-likeness (QED) is 0.826. The number of hydrogen-bond acceptors (Lipinski definition) is 2. The number of carboxylic acids is 1. The summed E-state index contributed by atoms with van der Waals surface area (Å²) in [6, 6.07) is 5.28. The van der Waals surface area contributed by atoms with Gasteiger partial charge >= 0.3 is 5.97 Å². The molecule has 2 rings (SSSR count). The number of ketones is 1. The van der Waals surface area contributed by atoms with Gasteiger partial charge in [0, 0.05) is 17.0 Å². The lowest BCUT2D eigenvalue weighted by molar-refractivity contribution is -0.139. The van der Waals surface area contributed by atoms with Crippen LogP contribution in [0, 0.1) is 12.3 Å². The molecule has 4 heteroatoms. The van der Waals surface area contributed by atoms with E-state index >= 15 is 0 Å². The highest BCUT2D eigenvalue weighted by atomic mass is 35.5. The third kappa shape index (κ3) is 3.40. The zero-order valence-electron chi connectivity index (χ0n) is 11.6. The van der Waals surface area contributed by atoms with E-state index in [0.29, 0.717) is 17.0 Å². The van der Waals surface area contributed by atoms with E-state index in [1.807, 2.05) is 13.0 Å². The van der Waals surface area contributed by atoms with Gasteiger partial charge in [0.2, 0.25) is 0 Å². The van der Waals surface area contributed by atoms with Gasteiger partial charge in [0.15, 0.2) is 5.78 Å². The fourth-order valence-corrected chi connectivity index (χ4v) is 3.25. The van der Waals surface area contributed by atoms with Gasteiger partial charge in [0.1, 0.15) is 0 Å². The highest BCUT2D eigenvalue weighted by Crippen LogP contribution is 2.44. The second-order valence-electron chi connectivity index (χ2n) is 5.84. The number of carbonyl (C=O) groups excluding carboxylic acids is 1. The molecule has 3 nitrogen and oxygen atoms in total. The Bertz CT molecular complexity index is 531. The van der Waals surface area contributed by atoms with Gasteiger partial charge in [-0.05, 0) is 36.8 Å². The maximum atomic E-state index is 12.4. The summed E-state index contributed by atoms with van der Waals surface area (Å²) in [5.74, 6) is -0.823. The Balaban J connectivity index is 2.16. The van der Waals surface area contributed by atoms with Crippen molar-refractivity contribution in [3.05, 3.63) is 34.3 Å². The monoisotopic (exact) mass is 294 g/mol. The minimum Gasteiger partial charge on any atom is -0.481 e. The molecule has 0 aromatic heterocycles. The number of hydrogen-bond donors (Lipinski definition) is 1. The summed E-state index contributed by atoms with van der Waals surface area (Å²) in [6.45, 7) is 1.89. The van der Waals surface area contributed by atoms with Gasteiger partial charge in [-0.2, -0.15) is 0 Å². The number of rotatable bonds is 5. The highest BCUT2D eigenvalue weighted by Gasteiger charge is 2.38. The molecule has 1 saturated carbocycles. The summed E-state index contributed by atoms with van der Waals surface area (Å²) in [6.07, 6.45) is 4.05. The third-order valence-corrected chi connectivity index (χ3v) is 4.63. The Morgan fingerprint density at radius 1 is 1.25 bits per heavy atom. The first-order chi connectivity index (χ1) is 9.42. The van der Waals surface area contributed by atoms with E-state index < -0.39 is 5.97 Å². The van der Waals surface area contributed by atoms with E-state index in [-0.39, 0.29) is 17.6 Å². The van der Waals surface area contributed by atoms with E-state index in [9.17, 15) is 9.59 Å². The molecule has 0 amide bonds. The van der Waals surface area contributed by atoms with Crippen LogP contribution in [0.5, 0.6) is 0 Å². The number of carboxylic acid groups (broad SMARTS) is 1. The highest BCUT2D eigenvalue weighted by molar-refractivity contribution is 6.31. The Morgan fingerprint density at radius 3 is 2.45 bits per heavy atom. The molecule has 1 fully saturated rings. The summed E-state index contributed by atoms with van der Waals surface area (Å²) < 4.78 is 0. The van der Waals surface area contributed by atoms with E-state index in [4.69, 9.17) is 16.7 Å². The van der Waals surface area contributed by atoms with Crippen molar-refractivity contribution in [3.8, 4) is 0 Å². The van der Waals surface area contributed by atoms with Gasteiger partial charge in [0.05, 0.1) is 6.42 Å². The Labute approximate surface area is 123 Å². The fraction of sp³-hybridized carbons (Fsp3) is 0.500. The van der Waals surface area contributed by atoms with Crippen LogP contribution in [0.15, 0.2) is 18.2 Å². The van der Waals surface area contributed by atoms with Gasteiger partial charge in [-0.1, -0.05) is 36.6 Å². The molecule has 20 heavy (non-hydrogen) atoms. The maximum absolute atomic E-state index is 12.4. The zero-order valence-corrected chi connectivity index (χ0v) is 12.4. The van der Waals surface area contributed by atoms with Crippen LogP contribution in [0.1, 0.15) is 54.4 Å². The van der Waals surface area contributed by atoms with Gasteiger partial charge < -0.3 is 5.11 Å². The average molecular weight is 295 g/mol. The third-order valence-electron chi connectivity index (χ3n) is 4.22. The molecule has 1 N–H and O–H groups in total. The maximum Gasteiger partial charge on any atom is 0.303 e. The zero-order chi connectivity index (χ0) is 14.8. The van der Waals surface area contributed by atoms with Crippen molar-refractivity contribution >= 4 is 23.4 Å². The van der Waals surface area contributed by atoms with Gasteiger partial charge in [0.25, 0.3) is 0 Å². The molecule has 1 aromatic rings. The second kappa shape index (κ2) is 5.96. The van der Waals surface area contributed by atoms with Crippen LogP contribution in [0.2, 0.25) is 5.02 Å². The number of aliphatic carboxylic acids is 1. The Hall–Kier alpha value is -1.35. The van der Waals surface area contributed by atoms with Crippen LogP contribution in [-0.2, 0) is 4.79 Å². The predicted octanol–water partition coefficient (Wildman–Crippen LogP) is 4.26. The summed E-state index contributed by atoms with van der Waals surface area (Å²) in [5.41, 5.74) is 1.15. The Kier molecular flexibility index (Phi) is 4.48. The molecule has 108 valence electrons. The first kappa shape index (κ1) is 15.0. The lowest BCUT2D eigenvalue weighted by Crippen LogP contribution is -2.24. The molecular weight excluding hydrogens is 276 g/mol. The number of Topliss-reactive ketones (excluding diaryl/α,β-unsaturated/α-hetero) is 1. The summed E-state index contributed by atoms with van der Waals surface area (Å²) in [7, 11) is 0. The molecule has 0 bridgehead atoms. The molecule has 1 aromatic carbocycles. The number of aryl methyl sites for hydroxylation is 1. The molecule has 0 radical (unpaired) electrons. The minimum absolute atomic E-state index is 0.00458.